The Kier molecular flexibility index (Phi) is 4.47. The molecule has 2 saturated carbocycles. The number of aromatic hydroxyl groups is 1. The summed E-state index contributed by atoms with van der Waals surface area (Å²) in [5.41, 5.74) is -0.223. The first-order valence-electron chi connectivity index (χ1n) is 9.73. The number of phenols is 1. The van der Waals surface area contributed by atoms with Gasteiger partial charge in [-0.05, 0) is 54.9 Å². The molecule has 0 heterocycles. The van der Waals surface area contributed by atoms with Crippen LogP contribution in [0.4, 0.5) is 11.4 Å². The smallest absolute Gasteiger partial charge is 0.240 e. The molecule has 28 heavy (non-hydrogen) atoms. The number of sulfonamides is 1. The normalized spacial score (nSPS) is 28.4. The molecule has 0 radical (unpaired) electrons. The number of fused-ring (bicyclic) bond motifs is 2. The van der Waals surface area contributed by atoms with Crippen molar-refractivity contribution in [2.45, 2.75) is 39.2 Å². The van der Waals surface area contributed by atoms with E-state index < -0.39 is 21.5 Å². The Morgan fingerprint density at radius 3 is 2.29 bits per heavy atom. The van der Waals surface area contributed by atoms with Crippen molar-refractivity contribution in [2.75, 3.05) is 10.1 Å². The van der Waals surface area contributed by atoms with Crippen LogP contribution in [-0.4, -0.2) is 30.5 Å². The Morgan fingerprint density at radius 1 is 1.07 bits per heavy atom. The number of hydrogen-bond donors (Lipinski definition) is 2. The minimum Gasteiger partial charge on any atom is -0.506 e. The first-order valence-corrected chi connectivity index (χ1v) is 11.3. The molecule has 150 valence electrons. The van der Waals surface area contributed by atoms with E-state index in [4.69, 9.17) is 0 Å². The maximum Gasteiger partial charge on any atom is 0.240 e. The summed E-state index contributed by atoms with van der Waals surface area (Å²) < 4.78 is 28.7. The standard InChI is InChI=1S/C22H27NO4S/c1-21(2)16-12-13-22(21,20(25)14-16)15-28(26,27)23(17-8-4-3-5-9-17)18-10-6-7-11-19(18)24/h3-11,16,20,24-25H,12-15H2,1-2H3. The maximum atomic E-state index is 13.8. The van der Waals surface area contributed by atoms with Gasteiger partial charge in [0.1, 0.15) is 5.75 Å². The average molecular weight is 402 g/mol. The molecule has 2 fully saturated rings. The summed E-state index contributed by atoms with van der Waals surface area (Å²) in [6.45, 7) is 4.17. The maximum absolute atomic E-state index is 13.8. The summed E-state index contributed by atoms with van der Waals surface area (Å²) in [6, 6.07) is 15.3. The quantitative estimate of drug-likeness (QED) is 0.792. The predicted molar refractivity (Wildman–Crippen MR) is 110 cm³/mol. The first kappa shape index (κ1) is 19.3. The number of benzene rings is 2. The van der Waals surface area contributed by atoms with Crippen LogP contribution in [0.2, 0.25) is 0 Å². The summed E-state index contributed by atoms with van der Waals surface area (Å²) in [4.78, 5) is 0. The number of rotatable bonds is 5. The lowest BCUT2D eigenvalue weighted by Crippen LogP contribution is -2.47. The Morgan fingerprint density at radius 2 is 1.71 bits per heavy atom. The molecule has 0 spiro atoms. The van der Waals surface area contributed by atoms with E-state index in [9.17, 15) is 18.6 Å². The lowest BCUT2D eigenvalue weighted by Gasteiger charge is -2.41. The van der Waals surface area contributed by atoms with Gasteiger partial charge in [0.15, 0.2) is 0 Å². The number of aliphatic hydroxyl groups excluding tert-OH is 1. The molecule has 2 N–H and O–H groups in total. The molecule has 2 aliphatic carbocycles. The van der Waals surface area contributed by atoms with Crippen molar-refractivity contribution in [3.05, 3.63) is 54.6 Å². The molecule has 6 heteroatoms. The summed E-state index contributed by atoms with van der Waals surface area (Å²) >= 11 is 0. The van der Waals surface area contributed by atoms with Gasteiger partial charge in [0.05, 0.1) is 23.2 Å². The summed E-state index contributed by atoms with van der Waals surface area (Å²) in [5.74, 6) is 0.101. The number of anilines is 2. The van der Waals surface area contributed by atoms with Gasteiger partial charge in [-0.15, -0.1) is 0 Å². The fraction of sp³-hybridized carbons (Fsp3) is 0.455. The van der Waals surface area contributed by atoms with E-state index in [0.717, 1.165) is 6.42 Å². The Balaban J connectivity index is 1.82. The second-order valence-electron chi connectivity index (χ2n) is 8.71. The van der Waals surface area contributed by atoms with Gasteiger partial charge >= 0.3 is 0 Å². The van der Waals surface area contributed by atoms with E-state index >= 15 is 0 Å². The van der Waals surface area contributed by atoms with E-state index in [0.29, 0.717) is 24.4 Å². The molecule has 0 aliphatic heterocycles. The molecular weight excluding hydrogens is 374 g/mol. The van der Waals surface area contributed by atoms with Gasteiger partial charge in [-0.3, -0.25) is 0 Å². The van der Waals surface area contributed by atoms with E-state index in [1.54, 1.807) is 42.5 Å². The molecule has 4 rings (SSSR count). The van der Waals surface area contributed by atoms with Gasteiger partial charge in [0.25, 0.3) is 0 Å². The zero-order chi connectivity index (χ0) is 20.2. The molecule has 0 saturated heterocycles. The van der Waals surface area contributed by atoms with Crippen LogP contribution in [0.1, 0.15) is 33.1 Å². The SMILES string of the molecule is CC1(C)C2CCC1(CS(=O)(=O)N(c1ccccc1)c1ccccc1O)C(O)C2. The van der Waals surface area contributed by atoms with Crippen LogP contribution in [0.3, 0.4) is 0 Å². The van der Waals surface area contributed by atoms with Crippen LogP contribution < -0.4 is 4.31 Å². The molecule has 3 unspecified atom stereocenters. The Bertz CT molecular complexity index is 973. The Hall–Kier alpha value is -2.05. The Labute approximate surface area is 166 Å². The second kappa shape index (κ2) is 6.49. The summed E-state index contributed by atoms with van der Waals surface area (Å²) in [7, 11) is -3.87. The highest BCUT2D eigenvalue weighted by Gasteiger charge is 2.65. The lowest BCUT2D eigenvalue weighted by atomic mass is 9.70. The molecule has 0 amide bonds. The van der Waals surface area contributed by atoms with E-state index in [1.165, 1.54) is 10.4 Å². The van der Waals surface area contributed by atoms with Crippen molar-refractivity contribution in [1.29, 1.82) is 0 Å². The zero-order valence-electron chi connectivity index (χ0n) is 16.2. The fourth-order valence-electron chi connectivity index (χ4n) is 5.42. The monoisotopic (exact) mass is 401 g/mol. The molecule has 2 bridgehead atoms. The highest BCUT2D eigenvalue weighted by molar-refractivity contribution is 7.93. The van der Waals surface area contributed by atoms with Crippen molar-refractivity contribution in [3.63, 3.8) is 0 Å². The highest BCUT2D eigenvalue weighted by Crippen LogP contribution is 2.66. The predicted octanol–water partition coefficient (Wildman–Crippen LogP) is 4.05. The van der Waals surface area contributed by atoms with Gasteiger partial charge in [-0.1, -0.05) is 44.2 Å². The first-order chi connectivity index (χ1) is 13.2. The third kappa shape index (κ3) is 2.73. The minimum absolute atomic E-state index is 0.0945. The summed E-state index contributed by atoms with van der Waals surface area (Å²) in [5, 5.41) is 21.2. The van der Waals surface area contributed by atoms with Crippen molar-refractivity contribution >= 4 is 21.4 Å². The van der Waals surface area contributed by atoms with Crippen LogP contribution in [0.15, 0.2) is 54.6 Å². The van der Waals surface area contributed by atoms with Gasteiger partial charge in [-0.2, -0.15) is 0 Å². The molecule has 5 nitrogen and oxygen atoms in total. The average Bonchev–Trinajstić information content (AvgIpc) is 2.98. The minimum atomic E-state index is -3.87. The number of hydrogen-bond acceptors (Lipinski definition) is 4. The van der Waals surface area contributed by atoms with Gasteiger partial charge < -0.3 is 10.2 Å². The van der Waals surface area contributed by atoms with E-state index in [1.807, 2.05) is 6.07 Å². The number of para-hydroxylation sites is 3. The van der Waals surface area contributed by atoms with Crippen LogP contribution in [-0.2, 0) is 10.0 Å². The van der Waals surface area contributed by atoms with Gasteiger partial charge in [0.2, 0.25) is 10.0 Å². The molecular formula is C22H27NO4S. The fourth-order valence-corrected chi connectivity index (χ4v) is 7.80. The highest BCUT2D eigenvalue weighted by atomic mass is 32.2. The van der Waals surface area contributed by atoms with Crippen LogP contribution in [0.25, 0.3) is 0 Å². The largest absolute Gasteiger partial charge is 0.506 e. The van der Waals surface area contributed by atoms with E-state index in [2.05, 4.69) is 13.8 Å². The van der Waals surface area contributed by atoms with Crippen molar-refractivity contribution in [3.8, 4) is 5.75 Å². The zero-order valence-corrected chi connectivity index (χ0v) is 17.1. The number of nitrogens with zero attached hydrogens (tertiary/aromatic N) is 1. The number of phenolic OH excluding ortho intramolecular Hbond substituents is 1. The molecule has 2 aliphatic rings. The molecule has 2 aromatic rings. The van der Waals surface area contributed by atoms with Gasteiger partial charge in [-0.25, -0.2) is 12.7 Å². The van der Waals surface area contributed by atoms with Crippen LogP contribution in [0, 0.1) is 16.7 Å². The number of aliphatic hydroxyl groups is 1. The third-order valence-electron chi connectivity index (χ3n) is 7.20. The van der Waals surface area contributed by atoms with Crippen molar-refractivity contribution < 1.29 is 18.6 Å². The topological polar surface area (TPSA) is 77.8 Å². The van der Waals surface area contributed by atoms with Crippen molar-refractivity contribution in [1.82, 2.24) is 0 Å². The van der Waals surface area contributed by atoms with Gasteiger partial charge in [0, 0.05) is 5.41 Å². The van der Waals surface area contributed by atoms with Crippen molar-refractivity contribution in [2.24, 2.45) is 16.7 Å². The lowest BCUT2D eigenvalue weighted by molar-refractivity contribution is 0.0153. The molecule has 2 aromatic carbocycles. The van der Waals surface area contributed by atoms with Crippen LogP contribution >= 0.6 is 0 Å². The van der Waals surface area contributed by atoms with E-state index in [-0.39, 0.29) is 22.6 Å². The molecule has 0 aromatic heterocycles. The molecule has 3 atom stereocenters. The second-order valence-corrected chi connectivity index (χ2v) is 10.5. The third-order valence-corrected chi connectivity index (χ3v) is 9.04. The van der Waals surface area contributed by atoms with Crippen LogP contribution in [0.5, 0.6) is 5.75 Å². The summed E-state index contributed by atoms with van der Waals surface area (Å²) in [6.07, 6.45) is 1.68.